The van der Waals surface area contributed by atoms with Crippen LogP contribution in [0.4, 0.5) is 4.79 Å². The summed E-state index contributed by atoms with van der Waals surface area (Å²) >= 11 is 1.52. The molecule has 0 spiro atoms. The molecule has 0 bridgehead atoms. The second-order valence-electron chi connectivity index (χ2n) is 4.64. The number of urea groups is 1. The molecule has 0 aromatic rings. The summed E-state index contributed by atoms with van der Waals surface area (Å²) in [6.45, 7) is 6.17. The number of rotatable bonds is 4. The number of carboxylic acids is 1. The van der Waals surface area contributed by atoms with E-state index < -0.39 is 12.0 Å². The van der Waals surface area contributed by atoms with Crippen LogP contribution < -0.4 is 5.32 Å². The number of carboxylic acid groups (broad SMARTS) is 1. The lowest BCUT2D eigenvalue weighted by Gasteiger charge is -2.29. The Labute approximate surface area is 118 Å². The predicted octanol–water partition coefficient (Wildman–Crippen LogP) is 1.59. The number of carbonyl (C=O) groups is 2. The van der Waals surface area contributed by atoms with E-state index in [1.54, 1.807) is 6.92 Å². The fourth-order valence-corrected chi connectivity index (χ4v) is 3.41. The number of amides is 2. The van der Waals surface area contributed by atoms with Gasteiger partial charge in [-0.1, -0.05) is 13.8 Å². The zero-order valence-corrected chi connectivity index (χ0v) is 12.3. The lowest BCUT2D eigenvalue weighted by molar-refractivity contribution is -0.141. The first-order chi connectivity index (χ1) is 8.99. The molecular weight excluding hydrogens is 264 g/mol. The fraction of sp³-hybridized carbons (Fsp3) is 0.692. The van der Waals surface area contributed by atoms with Gasteiger partial charge in [-0.05, 0) is 12.8 Å². The number of thioether (sulfide) groups is 1. The highest BCUT2D eigenvalue weighted by atomic mass is 32.2. The number of nitrogens with one attached hydrogen (secondary N) is 1. The molecule has 106 valence electrons. The molecular formula is C13H20N2O3S. The second-order valence-corrected chi connectivity index (χ2v) is 5.79. The van der Waals surface area contributed by atoms with Crippen LogP contribution in [-0.4, -0.2) is 45.7 Å². The van der Waals surface area contributed by atoms with Crippen molar-refractivity contribution < 1.29 is 14.7 Å². The van der Waals surface area contributed by atoms with Crippen molar-refractivity contribution in [2.24, 2.45) is 5.92 Å². The van der Waals surface area contributed by atoms with Crippen molar-refractivity contribution >= 4 is 23.8 Å². The Balaban J connectivity index is 2.68. The van der Waals surface area contributed by atoms with Crippen LogP contribution in [0.5, 0.6) is 0 Å². The number of hydrogen-bond donors (Lipinski definition) is 2. The molecule has 2 atom stereocenters. The smallest absolute Gasteiger partial charge is 0.327 e. The lowest BCUT2D eigenvalue weighted by atomic mass is 10.2. The fourth-order valence-electron chi connectivity index (χ4n) is 1.94. The molecule has 0 radical (unpaired) electrons. The van der Waals surface area contributed by atoms with Crippen LogP contribution in [0.15, 0.2) is 0 Å². The Morgan fingerprint density at radius 2 is 2.21 bits per heavy atom. The Morgan fingerprint density at radius 1 is 1.53 bits per heavy atom. The van der Waals surface area contributed by atoms with Gasteiger partial charge in [-0.3, -0.25) is 4.90 Å². The zero-order chi connectivity index (χ0) is 14.4. The predicted molar refractivity (Wildman–Crippen MR) is 75.8 cm³/mol. The van der Waals surface area contributed by atoms with E-state index in [0.29, 0.717) is 18.7 Å². The summed E-state index contributed by atoms with van der Waals surface area (Å²) < 4.78 is 0. The molecule has 2 amide bonds. The standard InChI is InChI=1S/C13H20N2O3S/c1-4-5-6-7-14-13(18)15-10(12(16)17)8-19-11(15)9(2)3/h9-11H,6-8H2,1-3H3,(H,14,18)(H,16,17). The van der Waals surface area contributed by atoms with Gasteiger partial charge >= 0.3 is 12.0 Å². The molecule has 1 fully saturated rings. The van der Waals surface area contributed by atoms with Crippen LogP contribution in [0.25, 0.3) is 0 Å². The summed E-state index contributed by atoms with van der Waals surface area (Å²) in [5.41, 5.74) is 0. The van der Waals surface area contributed by atoms with E-state index >= 15 is 0 Å². The van der Waals surface area contributed by atoms with Crippen LogP contribution in [0.1, 0.15) is 27.2 Å². The Kier molecular flexibility index (Phi) is 6.03. The van der Waals surface area contributed by atoms with Crippen molar-refractivity contribution in [3.8, 4) is 11.8 Å². The van der Waals surface area contributed by atoms with E-state index in [4.69, 9.17) is 0 Å². The van der Waals surface area contributed by atoms with Gasteiger partial charge in [0.25, 0.3) is 0 Å². The molecule has 2 N–H and O–H groups in total. The molecule has 1 heterocycles. The van der Waals surface area contributed by atoms with Gasteiger partial charge in [-0.15, -0.1) is 23.6 Å². The SMILES string of the molecule is CC#CCCNC(=O)N1C(C(=O)O)CSC1C(C)C. The first-order valence-corrected chi connectivity index (χ1v) is 7.34. The van der Waals surface area contributed by atoms with Gasteiger partial charge in [0.2, 0.25) is 0 Å². The van der Waals surface area contributed by atoms with E-state index in [-0.39, 0.29) is 17.3 Å². The van der Waals surface area contributed by atoms with Crippen LogP contribution in [-0.2, 0) is 4.79 Å². The molecule has 2 unspecified atom stereocenters. The molecule has 5 nitrogen and oxygen atoms in total. The Hall–Kier alpha value is -1.35. The highest BCUT2D eigenvalue weighted by Crippen LogP contribution is 2.33. The average molecular weight is 284 g/mol. The molecule has 1 aliphatic rings. The van der Waals surface area contributed by atoms with E-state index in [0.717, 1.165) is 0 Å². The number of hydrogen-bond acceptors (Lipinski definition) is 3. The number of nitrogens with zero attached hydrogens (tertiary/aromatic N) is 1. The highest BCUT2D eigenvalue weighted by Gasteiger charge is 2.42. The molecule has 0 aromatic carbocycles. The van der Waals surface area contributed by atoms with E-state index in [2.05, 4.69) is 17.2 Å². The maximum atomic E-state index is 12.1. The quantitative estimate of drug-likeness (QED) is 0.607. The van der Waals surface area contributed by atoms with Gasteiger partial charge in [0, 0.05) is 18.7 Å². The molecule has 0 aliphatic carbocycles. The van der Waals surface area contributed by atoms with Crippen molar-refractivity contribution in [1.82, 2.24) is 10.2 Å². The summed E-state index contributed by atoms with van der Waals surface area (Å²) in [4.78, 5) is 24.8. The van der Waals surface area contributed by atoms with Crippen molar-refractivity contribution in [2.75, 3.05) is 12.3 Å². The van der Waals surface area contributed by atoms with E-state index in [9.17, 15) is 14.7 Å². The maximum Gasteiger partial charge on any atom is 0.327 e. The van der Waals surface area contributed by atoms with Gasteiger partial charge in [-0.25, -0.2) is 9.59 Å². The third kappa shape index (κ3) is 4.06. The van der Waals surface area contributed by atoms with Crippen molar-refractivity contribution in [2.45, 2.75) is 38.6 Å². The minimum absolute atomic E-state index is 0.0849. The average Bonchev–Trinajstić information content (AvgIpc) is 2.79. The van der Waals surface area contributed by atoms with Gasteiger partial charge in [0.1, 0.15) is 6.04 Å². The van der Waals surface area contributed by atoms with Crippen LogP contribution in [0.2, 0.25) is 0 Å². The topological polar surface area (TPSA) is 69.6 Å². The normalized spacial score (nSPS) is 22.0. The molecule has 6 heteroatoms. The molecule has 1 saturated heterocycles. The largest absolute Gasteiger partial charge is 0.480 e. The Bertz CT molecular complexity index is 400. The summed E-state index contributed by atoms with van der Waals surface area (Å²) in [5, 5.41) is 11.8. The first-order valence-electron chi connectivity index (χ1n) is 6.29. The molecule has 1 aliphatic heterocycles. The minimum Gasteiger partial charge on any atom is -0.480 e. The molecule has 0 aromatic heterocycles. The molecule has 0 saturated carbocycles. The Morgan fingerprint density at radius 3 is 2.74 bits per heavy atom. The monoisotopic (exact) mass is 284 g/mol. The summed E-state index contributed by atoms with van der Waals surface area (Å²) in [7, 11) is 0. The van der Waals surface area contributed by atoms with Gasteiger partial charge in [0.05, 0.1) is 5.37 Å². The van der Waals surface area contributed by atoms with Crippen molar-refractivity contribution in [1.29, 1.82) is 0 Å². The summed E-state index contributed by atoms with van der Waals surface area (Å²) in [6.07, 6.45) is 0.577. The van der Waals surface area contributed by atoms with Crippen LogP contribution in [0, 0.1) is 17.8 Å². The summed E-state index contributed by atoms with van der Waals surface area (Å²) in [5.74, 6) is 5.33. The third-order valence-electron chi connectivity index (χ3n) is 2.83. The van der Waals surface area contributed by atoms with E-state index in [1.165, 1.54) is 16.7 Å². The zero-order valence-electron chi connectivity index (χ0n) is 11.5. The van der Waals surface area contributed by atoms with Crippen molar-refractivity contribution in [3.63, 3.8) is 0 Å². The minimum atomic E-state index is -0.945. The number of carbonyl (C=O) groups excluding carboxylic acids is 1. The van der Waals surface area contributed by atoms with Crippen LogP contribution in [0.3, 0.4) is 0 Å². The van der Waals surface area contributed by atoms with Gasteiger partial charge in [-0.2, -0.15) is 0 Å². The third-order valence-corrected chi connectivity index (χ3v) is 4.45. The second kappa shape index (κ2) is 7.29. The highest BCUT2D eigenvalue weighted by molar-refractivity contribution is 8.00. The molecule has 19 heavy (non-hydrogen) atoms. The van der Waals surface area contributed by atoms with Crippen LogP contribution >= 0.6 is 11.8 Å². The molecule has 1 rings (SSSR count). The van der Waals surface area contributed by atoms with Gasteiger partial charge < -0.3 is 10.4 Å². The maximum absolute atomic E-state index is 12.1. The lowest BCUT2D eigenvalue weighted by Crippen LogP contribution is -2.51. The first kappa shape index (κ1) is 15.7. The van der Waals surface area contributed by atoms with Gasteiger partial charge in [0.15, 0.2) is 0 Å². The summed E-state index contributed by atoms with van der Waals surface area (Å²) in [6, 6.07) is -1.05. The van der Waals surface area contributed by atoms with E-state index in [1.807, 2.05) is 13.8 Å². The number of aliphatic carboxylic acids is 1. The van der Waals surface area contributed by atoms with Crippen molar-refractivity contribution in [3.05, 3.63) is 0 Å².